The van der Waals surface area contributed by atoms with E-state index in [1.165, 1.54) is 16.3 Å². The zero-order valence-corrected chi connectivity index (χ0v) is 15.5. The molecule has 1 aliphatic heterocycles. The number of anilines is 1. The van der Waals surface area contributed by atoms with Crippen molar-refractivity contribution < 1.29 is 9.59 Å². The van der Waals surface area contributed by atoms with Crippen LogP contribution in [0.4, 0.5) is 5.69 Å². The van der Waals surface area contributed by atoms with Gasteiger partial charge in [0.25, 0.3) is 0 Å². The van der Waals surface area contributed by atoms with Gasteiger partial charge in [0.1, 0.15) is 5.92 Å². The SMILES string of the molecule is CN1Sc2cc3ccccc3cc2C(C(=O)Nc2ccccc2Cl)C1=O. The lowest BCUT2D eigenvalue weighted by molar-refractivity contribution is -0.132. The van der Waals surface area contributed by atoms with Gasteiger partial charge >= 0.3 is 0 Å². The number of carbonyl (C=O) groups is 2. The highest BCUT2D eigenvalue weighted by Crippen LogP contribution is 2.40. The largest absolute Gasteiger partial charge is 0.324 e. The first-order chi connectivity index (χ1) is 12.5. The van der Waals surface area contributed by atoms with Crippen LogP contribution >= 0.6 is 23.5 Å². The van der Waals surface area contributed by atoms with Gasteiger partial charge in [-0.05, 0) is 52.5 Å². The normalized spacial score (nSPS) is 16.5. The summed E-state index contributed by atoms with van der Waals surface area (Å²) in [4.78, 5) is 26.6. The Morgan fingerprint density at radius 2 is 1.73 bits per heavy atom. The van der Waals surface area contributed by atoms with Crippen molar-refractivity contribution in [3.05, 3.63) is 71.2 Å². The van der Waals surface area contributed by atoms with E-state index in [0.717, 1.165) is 21.2 Å². The Morgan fingerprint density at radius 3 is 2.46 bits per heavy atom. The Hall–Kier alpha value is -2.50. The van der Waals surface area contributed by atoms with E-state index in [-0.39, 0.29) is 11.8 Å². The molecule has 1 N–H and O–H groups in total. The summed E-state index contributed by atoms with van der Waals surface area (Å²) in [6.07, 6.45) is 0. The summed E-state index contributed by atoms with van der Waals surface area (Å²) in [6, 6.07) is 18.8. The molecule has 6 heteroatoms. The van der Waals surface area contributed by atoms with Gasteiger partial charge in [0.05, 0.1) is 10.7 Å². The van der Waals surface area contributed by atoms with E-state index in [2.05, 4.69) is 5.32 Å². The average Bonchev–Trinajstić information content (AvgIpc) is 2.63. The molecule has 3 aromatic rings. The predicted molar refractivity (Wildman–Crippen MR) is 105 cm³/mol. The Kier molecular flexibility index (Phi) is 4.34. The van der Waals surface area contributed by atoms with Gasteiger partial charge < -0.3 is 5.32 Å². The van der Waals surface area contributed by atoms with Crippen molar-refractivity contribution in [2.24, 2.45) is 0 Å². The number of amides is 2. The number of hydrogen-bond acceptors (Lipinski definition) is 3. The molecule has 4 nitrogen and oxygen atoms in total. The number of para-hydroxylation sites is 1. The molecule has 0 bridgehead atoms. The molecule has 2 amide bonds. The van der Waals surface area contributed by atoms with E-state index in [1.807, 2.05) is 36.4 Å². The lowest BCUT2D eigenvalue weighted by Crippen LogP contribution is -2.38. The summed E-state index contributed by atoms with van der Waals surface area (Å²) in [5.41, 5.74) is 1.22. The standard InChI is InChI=1S/C20H15ClN2O2S/c1-23-20(25)18(19(24)22-16-9-5-4-8-15(16)21)14-10-12-6-2-3-7-13(12)11-17(14)26-23/h2-11,18H,1H3,(H,22,24). The second kappa shape index (κ2) is 6.67. The third-order valence-corrected chi connectivity index (χ3v) is 5.71. The number of halogens is 1. The Bertz CT molecular complexity index is 1040. The van der Waals surface area contributed by atoms with Crippen LogP contribution in [0.15, 0.2) is 65.6 Å². The van der Waals surface area contributed by atoms with E-state index in [0.29, 0.717) is 10.7 Å². The molecule has 1 unspecified atom stereocenters. The first-order valence-electron chi connectivity index (χ1n) is 8.08. The molecular weight excluding hydrogens is 368 g/mol. The quantitative estimate of drug-likeness (QED) is 0.516. The summed E-state index contributed by atoms with van der Waals surface area (Å²) < 4.78 is 1.51. The maximum absolute atomic E-state index is 12.9. The Morgan fingerprint density at radius 1 is 1.08 bits per heavy atom. The van der Waals surface area contributed by atoms with Gasteiger partial charge in [0, 0.05) is 11.9 Å². The zero-order valence-electron chi connectivity index (χ0n) is 13.9. The Labute approximate surface area is 160 Å². The number of fused-ring (bicyclic) bond motifs is 2. The smallest absolute Gasteiger partial charge is 0.249 e. The number of rotatable bonds is 2. The molecular formula is C20H15ClN2O2S. The van der Waals surface area contributed by atoms with E-state index >= 15 is 0 Å². The second-order valence-electron chi connectivity index (χ2n) is 6.07. The summed E-state index contributed by atoms with van der Waals surface area (Å²) in [5, 5.41) is 5.30. The molecule has 0 saturated heterocycles. The third-order valence-electron chi connectivity index (χ3n) is 4.38. The van der Waals surface area contributed by atoms with Gasteiger partial charge in [-0.2, -0.15) is 0 Å². The minimum atomic E-state index is -0.905. The van der Waals surface area contributed by atoms with Crippen LogP contribution in [0.1, 0.15) is 11.5 Å². The lowest BCUT2D eigenvalue weighted by atomic mass is 9.94. The first-order valence-corrected chi connectivity index (χ1v) is 9.23. The van der Waals surface area contributed by atoms with Gasteiger partial charge in [-0.3, -0.25) is 13.9 Å². The van der Waals surface area contributed by atoms with Gasteiger partial charge in [-0.25, -0.2) is 0 Å². The first kappa shape index (κ1) is 16.9. The number of carbonyl (C=O) groups excluding carboxylic acids is 2. The number of hydrogen-bond donors (Lipinski definition) is 1. The molecule has 0 aromatic heterocycles. The van der Waals surface area contributed by atoms with Crippen LogP contribution in [-0.2, 0) is 9.59 Å². The fourth-order valence-electron chi connectivity index (χ4n) is 3.07. The number of nitrogens with one attached hydrogen (secondary N) is 1. The molecule has 130 valence electrons. The fourth-order valence-corrected chi connectivity index (χ4v) is 4.21. The fraction of sp³-hybridized carbons (Fsp3) is 0.100. The zero-order chi connectivity index (χ0) is 18.3. The minimum absolute atomic E-state index is 0.248. The van der Waals surface area contributed by atoms with Crippen LogP contribution in [0.2, 0.25) is 5.02 Å². The topological polar surface area (TPSA) is 49.4 Å². The van der Waals surface area contributed by atoms with Gasteiger partial charge in [0.2, 0.25) is 11.8 Å². The molecule has 1 heterocycles. The van der Waals surface area contributed by atoms with E-state index in [9.17, 15) is 9.59 Å². The van der Waals surface area contributed by atoms with Crippen LogP contribution in [0.3, 0.4) is 0 Å². The van der Waals surface area contributed by atoms with Crippen molar-refractivity contribution in [2.75, 3.05) is 12.4 Å². The second-order valence-corrected chi connectivity index (χ2v) is 7.64. The van der Waals surface area contributed by atoms with Gasteiger partial charge in [-0.15, -0.1) is 0 Å². The number of benzene rings is 3. The molecule has 0 radical (unpaired) electrons. The van der Waals surface area contributed by atoms with Crippen molar-refractivity contribution in [2.45, 2.75) is 10.8 Å². The van der Waals surface area contributed by atoms with Crippen LogP contribution in [0, 0.1) is 0 Å². The van der Waals surface area contributed by atoms with Crippen LogP contribution in [-0.4, -0.2) is 23.2 Å². The van der Waals surface area contributed by atoms with Crippen molar-refractivity contribution in [1.29, 1.82) is 0 Å². The van der Waals surface area contributed by atoms with Crippen molar-refractivity contribution >= 4 is 51.8 Å². The van der Waals surface area contributed by atoms with E-state index in [4.69, 9.17) is 11.6 Å². The molecule has 4 rings (SSSR count). The summed E-state index contributed by atoms with van der Waals surface area (Å²) in [5.74, 6) is -1.54. The number of likely N-dealkylation sites (N-methyl/N-ethyl adjacent to an activating group) is 1. The van der Waals surface area contributed by atoms with Crippen molar-refractivity contribution in [1.82, 2.24) is 4.31 Å². The van der Waals surface area contributed by atoms with Gasteiger partial charge in [0.15, 0.2) is 0 Å². The van der Waals surface area contributed by atoms with Gasteiger partial charge in [-0.1, -0.05) is 48.0 Å². The molecule has 0 saturated carbocycles. The monoisotopic (exact) mass is 382 g/mol. The molecule has 1 aliphatic rings. The van der Waals surface area contributed by atoms with Crippen LogP contribution < -0.4 is 5.32 Å². The van der Waals surface area contributed by atoms with E-state index < -0.39 is 5.92 Å². The molecule has 1 atom stereocenters. The van der Waals surface area contributed by atoms with Crippen LogP contribution in [0.25, 0.3) is 10.8 Å². The highest BCUT2D eigenvalue weighted by atomic mass is 35.5. The summed E-state index contributed by atoms with van der Waals surface area (Å²) >= 11 is 7.48. The summed E-state index contributed by atoms with van der Waals surface area (Å²) in [6.45, 7) is 0. The average molecular weight is 383 g/mol. The van der Waals surface area contributed by atoms with Crippen LogP contribution in [0.5, 0.6) is 0 Å². The minimum Gasteiger partial charge on any atom is -0.324 e. The Balaban J connectivity index is 1.78. The molecule has 26 heavy (non-hydrogen) atoms. The molecule has 3 aromatic carbocycles. The lowest BCUT2D eigenvalue weighted by Gasteiger charge is -2.30. The van der Waals surface area contributed by atoms with Crippen molar-refractivity contribution in [3.8, 4) is 0 Å². The highest BCUT2D eigenvalue weighted by molar-refractivity contribution is 7.97. The van der Waals surface area contributed by atoms with Crippen molar-refractivity contribution in [3.63, 3.8) is 0 Å². The maximum Gasteiger partial charge on any atom is 0.249 e. The molecule has 0 fully saturated rings. The summed E-state index contributed by atoms with van der Waals surface area (Å²) in [7, 11) is 1.68. The predicted octanol–water partition coefficient (Wildman–Crippen LogP) is 4.69. The van der Waals surface area contributed by atoms with E-state index in [1.54, 1.807) is 31.3 Å². The molecule has 0 spiro atoms. The maximum atomic E-state index is 12.9. The highest BCUT2D eigenvalue weighted by Gasteiger charge is 2.38. The number of nitrogens with zero attached hydrogens (tertiary/aromatic N) is 1. The third kappa shape index (κ3) is 2.93. The molecule has 0 aliphatic carbocycles.